The average Bonchev–Trinajstić information content (AvgIpc) is 2.66. The van der Waals surface area contributed by atoms with Crippen LogP contribution in [0.15, 0.2) is 12.7 Å². The van der Waals surface area contributed by atoms with Crippen molar-refractivity contribution in [3.8, 4) is 0 Å². The van der Waals surface area contributed by atoms with Crippen molar-refractivity contribution in [1.29, 1.82) is 0 Å². The summed E-state index contributed by atoms with van der Waals surface area (Å²) in [5.74, 6) is -0.0940. The standard InChI is InChI=1S/C11H16O3/c1-2-9-7-11(13-5-6-14-11)4-3-10(9)8-12/h2,8-10H,1,3-7H2. The van der Waals surface area contributed by atoms with E-state index in [4.69, 9.17) is 9.47 Å². The van der Waals surface area contributed by atoms with E-state index in [1.807, 2.05) is 6.08 Å². The van der Waals surface area contributed by atoms with Crippen LogP contribution in [0, 0.1) is 11.8 Å². The topological polar surface area (TPSA) is 35.5 Å². The lowest BCUT2D eigenvalue weighted by Gasteiger charge is -2.37. The molecule has 1 heterocycles. The molecule has 0 aromatic heterocycles. The number of allylic oxidation sites excluding steroid dienone is 1. The molecule has 0 N–H and O–H groups in total. The van der Waals surface area contributed by atoms with Gasteiger partial charge in [0, 0.05) is 18.8 Å². The highest BCUT2D eigenvalue weighted by Crippen LogP contribution is 2.41. The minimum atomic E-state index is -0.404. The second kappa shape index (κ2) is 3.83. The molecule has 0 bridgehead atoms. The maximum atomic E-state index is 10.8. The van der Waals surface area contributed by atoms with Gasteiger partial charge in [0.25, 0.3) is 0 Å². The van der Waals surface area contributed by atoms with Gasteiger partial charge in [-0.2, -0.15) is 0 Å². The molecule has 1 saturated heterocycles. The molecule has 2 fully saturated rings. The van der Waals surface area contributed by atoms with Gasteiger partial charge in [0.15, 0.2) is 5.79 Å². The van der Waals surface area contributed by atoms with Crippen molar-refractivity contribution in [3.05, 3.63) is 12.7 Å². The van der Waals surface area contributed by atoms with Gasteiger partial charge in [0.05, 0.1) is 13.2 Å². The number of hydrogen-bond donors (Lipinski definition) is 0. The van der Waals surface area contributed by atoms with E-state index in [0.29, 0.717) is 13.2 Å². The molecule has 14 heavy (non-hydrogen) atoms. The third kappa shape index (κ3) is 1.62. The molecule has 2 atom stereocenters. The Kier molecular flexibility index (Phi) is 2.70. The minimum absolute atomic E-state index is 0.103. The highest BCUT2D eigenvalue weighted by molar-refractivity contribution is 5.55. The summed E-state index contributed by atoms with van der Waals surface area (Å²) in [5, 5.41) is 0. The Morgan fingerprint density at radius 1 is 1.29 bits per heavy atom. The number of hydrogen-bond acceptors (Lipinski definition) is 3. The van der Waals surface area contributed by atoms with Crippen molar-refractivity contribution in [2.45, 2.75) is 25.0 Å². The maximum Gasteiger partial charge on any atom is 0.169 e. The summed E-state index contributed by atoms with van der Waals surface area (Å²) in [6, 6.07) is 0. The first-order valence-electron chi connectivity index (χ1n) is 5.15. The first-order chi connectivity index (χ1) is 6.79. The Balaban J connectivity index is 2.06. The Labute approximate surface area is 84.1 Å². The molecule has 0 amide bonds. The Morgan fingerprint density at radius 3 is 2.57 bits per heavy atom. The Hall–Kier alpha value is -0.670. The fourth-order valence-corrected chi connectivity index (χ4v) is 2.40. The van der Waals surface area contributed by atoms with Gasteiger partial charge < -0.3 is 14.3 Å². The zero-order valence-electron chi connectivity index (χ0n) is 8.28. The lowest BCUT2D eigenvalue weighted by Crippen LogP contribution is -2.40. The van der Waals surface area contributed by atoms with E-state index in [2.05, 4.69) is 6.58 Å². The molecule has 1 spiro atoms. The van der Waals surface area contributed by atoms with Gasteiger partial charge in [-0.05, 0) is 12.3 Å². The van der Waals surface area contributed by atoms with Crippen molar-refractivity contribution in [1.82, 2.24) is 0 Å². The van der Waals surface area contributed by atoms with E-state index in [-0.39, 0.29) is 11.8 Å². The van der Waals surface area contributed by atoms with Gasteiger partial charge in [-0.3, -0.25) is 0 Å². The quantitative estimate of drug-likeness (QED) is 0.496. The number of ether oxygens (including phenoxy) is 2. The van der Waals surface area contributed by atoms with Crippen LogP contribution < -0.4 is 0 Å². The van der Waals surface area contributed by atoms with Crippen LogP contribution in [0.4, 0.5) is 0 Å². The normalized spacial score (nSPS) is 35.7. The predicted molar refractivity (Wildman–Crippen MR) is 51.7 cm³/mol. The second-order valence-corrected chi connectivity index (χ2v) is 4.05. The van der Waals surface area contributed by atoms with Gasteiger partial charge in [-0.25, -0.2) is 0 Å². The molecule has 78 valence electrons. The van der Waals surface area contributed by atoms with Gasteiger partial charge >= 0.3 is 0 Å². The third-order valence-corrected chi connectivity index (χ3v) is 3.25. The van der Waals surface area contributed by atoms with E-state index in [9.17, 15) is 4.79 Å². The molecule has 2 aliphatic rings. The first kappa shape index (κ1) is 9.87. The largest absolute Gasteiger partial charge is 0.348 e. The van der Waals surface area contributed by atoms with Crippen LogP contribution in [-0.4, -0.2) is 25.3 Å². The number of carbonyl (C=O) groups is 1. The van der Waals surface area contributed by atoms with Crippen molar-refractivity contribution >= 4 is 6.29 Å². The van der Waals surface area contributed by atoms with Crippen LogP contribution in [0.2, 0.25) is 0 Å². The highest BCUT2D eigenvalue weighted by Gasteiger charge is 2.43. The van der Waals surface area contributed by atoms with Crippen molar-refractivity contribution in [3.63, 3.8) is 0 Å². The molecular formula is C11H16O3. The van der Waals surface area contributed by atoms with Crippen LogP contribution in [0.5, 0.6) is 0 Å². The summed E-state index contributed by atoms with van der Waals surface area (Å²) in [4.78, 5) is 10.8. The molecule has 2 rings (SSSR count). The van der Waals surface area contributed by atoms with Crippen LogP contribution in [0.25, 0.3) is 0 Å². The highest BCUT2D eigenvalue weighted by atomic mass is 16.7. The molecule has 0 aromatic carbocycles. The lowest BCUT2D eigenvalue weighted by molar-refractivity contribution is -0.189. The van der Waals surface area contributed by atoms with E-state index in [1.54, 1.807) is 0 Å². The summed E-state index contributed by atoms with van der Waals surface area (Å²) in [6.07, 6.45) is 5.35. The number of rotatable bonds is 2. The second-order valence-electron chi connectivity index (χ2n) is 4.05. The number of aldehydes is 1. The zero-order valence-corrected chi connectivity index (χ0v) is 8.28. The molecule has 0 aromatic rings. The molecule has 1 aliphatic carbocycles. The summed E-state index contributed by atoms with van der Waals surface area (Å²) < 4.78 is 11.2. The van der Waals surface area contributed by atoms with E-state index >= 15 is 0 Å². The fourth-order valence-electron chi connectivity index (χ4n) is 2.40. The van der Waals surface area contributed by atoms with Crippen molar-refractivity contribution < 1.29 is 14.3 Å². The Morgan fingerprint density at radius 2 is 2.00 bits per heavy atom. The zero-order chi connectivity index (χ0) is 10.0. The predicted octanol–water partition coefficient (Wildman–Crippen LogP) is 1.53. The average molecular weight is 196 g/mol. The van der Waals surface area contributed by atoms with Gasteiger partial charge in [-0.15, -0.1) is 6.58 Å². The van der Waals surface area contributed by atoms with Crippen LogP contribution in [-0.2, 0) is 14.3 Å². The smallest absolute Gasteiger partial charge is 0.169 e. The van der Waals surface area contributed by atoms with E-state index in [1.165, 1.54) is 0 Å². The van der Waals surface area contributed by atoms with Crippen LogP contribution >= 0.6 is 0 Å². The third-order valence-electron chi connectivity index (χ3n) is 3.25. The van der Waals surface area contributed by atoms with Crippen molar-refractivity contribution in [2.24, 2.45) is 11.8 Å². The SMILES string of the molecule is C=CC1CC2(CCC1C=O)OCCO2. The van der Waals surface area contributed by atoms with Crippen molar-refractivity contribution in [2.75, 3.05) is 13.2 Å². The van der Waals surface area contributed by atoms with Gasteiger partial charge in [-0.1, -0.05) is 6.08 Å². The molecule has 3 heteroatoms. The first-order valence-corrected chi connectivity index (χ1v) is 5.15. The molecule has 1 aliphatic heterocycles. The molecular weight excluding hydrogens is 180 g/mol. The van der Waals surface area contributed by atoms with E-state index in [0.717, 1.165) is 25.5 Å². The summed E-state index contributed by atoms with van der Waals surface area (Å²) in [6.45, 7) is 5.12. The minimum Gasteiger partial charge on any atom is -0.348 e. The maximum absolute atomic E-state index is 10.8. The molecule has 1 saturated carbocycles. The Bertz CT molecular complexity index is 231. The van der Waals surface area contributed by atoms with E-state index < -0.39 is 5.79 Å². The molecule has 0 radical (unpaired) electrons. The van der Waals surface area contributed by atoms with Crippen LogP contribution in [0.3, 0.4) is 0 Å². The monoisotopic (exact) mass is 196 g/mol. The summed E-state index contributed by atoms with van der Waals surface area (Å²) in [7, 11) is 0. The molecule has 2 unspecified atom stereocenters. The summed E-state index contributed by atoms with van der Waals surface area (Å²) >= 11 is 0. The lowest BCUT2D eigenvalue weighted by atomic mass is 9.77. The number of carbonyl (C=O) groups excluding carboxylic acids is 1. The van der Waals surface area contributed by atoms with Gasteiger partial charge in [0.2, 0.25) is 0 Å². The summed E-state index contributed by atoms with van der Waals surface area (Å²) in [5.41, 5.74) is 0. The molecule has 3 nitrogen and oxygen atoms in total. The van der Waals surface area contributed by atoms with Crippen LogP contribution in [0.1, 0.15) is 19.3 Å². The van der Waals surface area contributed by atoms with Gasteiger partial charge in [0.1, 0.15) is 6.29 Å². The fraction of sp³-hybridized carbons (Fsp3) is 0.727.